The summed E-state index contributed by atoms with van der Waals surface area (Å²) in [6.07, 6.45) is 1.17. The monoisotopic (exact) mass is 283 g/mol. The van der Waals surface area contributed by atoms with Crippen molar-refractivity contribution in [3.05, 3.63) is 41.3 Å². The van der Waals surface area contributed by atoms with Gasteiger partial charge in [-0.25, -0.2) is 13.1 Å². The molecular weight excluding hydrogens is 266 g/mol. The molecule has 19 heavy (non-hydrogen) atoms. The molecule has 0 aromatic heterocycles. The smallest absolute Gasteiger partial charge is 0.305 e. The molecule has 0 heterocycles. The number of aliphatic carboxylic acids is 1. The molecule has 0 saturated carbocycles. The fourth-order valence-corrected chi connectivity index (χ4v) is 2.81. The first kappa shape index (κ1) is 15.4. The van der Waals surface area contributed by atoms with Gasteiger partial charge in [-0.2, -0.15) is 0 Å². The van der Waals surface area contributed by atoms with Gasteiger partial charge in [-0.3, -0.25) is 4.79 Å². The minimum absolute atomic E-state index is 0.286. The number of carbonyl (C=O) groups is 1. The number of rotatable bonds is 6. The SMILES string of the molecule is CC(C)(CC(=O)O)NS(=O)(=O)C=Cc1ccccc1. The summed E-state index contributed by atoms with van der Waals surface area (Å²) in [5.41, 5.74) is -0.282. The van der Waals surface area contributed by atoms with Crippen LogP contribution in [0.2, 0.25) is 0 Å². The number of carboxylic acid groups (broad SMARTS) is 1. The van der Waals surface area contributed by atoms with E-state index < -0.39 is 21.5 Å². The predicted molar refractivity (Wildman–Crippen MR) is 73.9 cm³/mol. The zero-order chi connectivity index (χ0) is 14.5. The summed E-state index contributed by atoms with van der Waals surface area (Å²) in [6, 6.07) is 8.98. The van der Waals surface area contributed by atoms with E-state index in [2.05, 4.69) is 4.72 Å². The van der Waals surface area contributed by atoms with E-state index in [9.17, 15) is 13.2 Å². The molecule has 0 bridgehead atoms. The Morgan fingerprint density at radius 1 is 1.32 bits per heavy atom. The summed E-state index contributed by atoms with van der Waals surface area (Å²) in [4.78, 5) is 10.6. The van der Waals surface area contributed by atoms with Gasteiger partial charge in [0, 0.05) is 10.9 Å². The second-order valence-electron chi connectivity index (χ2n) is 4.81. The van der Waals surface area contributed by atoms with Crippen LogP contribution in [-0.2, 0) is 14.8 Å². The first-order chi connectivity index (χ1) is 8.70. The number of carboxylic acids is 1. The molecule has 0 saturated heterocycles. The maximum atomic E-state index is 11.8. The Balaban J connectivity index is 2.77. The molecule has 0 aliphatic heterocycles. The lowest BCUT2D eigenvalue weighted by molar-refractivity contribution is -0.138. The zero-order valence-corrected chi connectivity index (χ0v) is 11.6. The second kappa shape index (κ2) is 5.99. The lowest BCUT2D eigenvalue weighted by atomic mass is 10.0. The molecule has 1 rings (SSSR count). The molecule has 0 aliphatic rings. The number of sulfonamides is 1. The van der Waals surface area contributed by atoms with Gasteiger partial charge in [-0.1, -0.05) is 30.3 Å². The zero-order valence-electron chi connectivity index (χ0n) is 10.8. The minimum Gasteiger partial charge on any atom is -0.481 e. The van der Waals surface area contributed by atoms with Gasteiger partial charge in [0.05, 0.1) is 6.42 Å². The van der Waals surface area contributed by atoms with Crippen LogP contribution in [0, 0.1) is 0 Å². The summed E-state index contributed by atoms with van der Waals surface area (Å²) < 4.78 is 26.0. The molecule has 104 valence electrons. The summed E-state index contributed by atoms with van der Waals surface area (Å²) in [7, 11) is -3.68. The van der Waals surface area contributed by atoms with Crippen LogP contribution in [0.15, 0.2) is 35.7 Å². The van der Waals surface area contributed by atoms with Crippen molar-refractivity contribution in [2.75, 3.05) is 0 Å². The van der Waals surface area contributed by atoms with Gasteiger partial charge < -0.3 is 5.11 Å². The number of benzene rings is 1. The van der Waals surface area contributed by atoms with Crippen molar-refractivity contribution in [1.29, 1.82) is 0 Å². The van der Waals surface area contributed by atoms with E-state index in [0.29, 0.717) is 0 Å². The number of nitrogens with one attached hydrogen (secondary N) is 1. The standard InChI is InChI=1S/C13H17NO4S/c1-13(2,10-12(15)16)14-19(17,18)9-8-11-6-4-3-5-7-11/h3-9,14H,10H2,1-2H3,(H,15,16). The van der Waals surface area contributed by atoms with Crippen molar-refractivity contribution in [2.24, 2.45) is 0 Å². The van der Waals surface area contributed by atoms with Crippen LogP contribution in [0.25, 0.3) is 6.08 Å². The molecule has 1 aromatic rings. The maximum Gasteiger partial charge on any atom is 0.305 e. The summed E-state index contributed by atoms with van der Waals surface area (Å²) in [6.45, 7) is 3.05. The van der Waals surface area contributed by atoms with Crippen molar-refractivity contribution in [2.45, 2.75) is 25.8 Å². The van der Waals surface area contributed by atoms with E-state index in [1.807, 2.05) is 6.07 Å². The summed E-state index contributed by atoms with van der Waals surface area (Å²) >= 11 is 0. The summed E-state index contributed by atoms with van der Waals surface area (Å²) in [5.74, 6) is -1.06. The van der Waals surface area contributed by atoms with Gasteiger partial charge in [-0.05, 0) is 25.5 Å². The third-order valence-electron chi connectivity index (χ3n) is 2.25. The Labute approximate surface area is 113 Å². The third kappa shape index (κ3) is 6.17. The van der Waals surface area contributed by atoms with Gasteiger partial charge in [0.2, 0.25) is 10.0 Å². The molecule has 0 atom stereocenters. The van der Waals surface area contributed by atoms with Gasteiger partial charge in [0.25, 0.3) is 0 Å². The lowest BCUT2D eigenvalue weighted by Gasteiger charge is -2.22. The molecule has 0 radical (unpaired) electrons. The van der Waals surface area contributed by atoms with E-state index in [0.717, 1.165) is 11.0 Å². The second-order valence-corrected chi connectivity index (χ2v) is 6.38. The van der Waals surface area contributed by atoms with Gasteiger partial charge in [0.15, 0.2) is 0 Å². The highest BCUT2D eigenvalue weighted by atomic mass is 32.2. The van der Waals surface area contributed by atoms with Crippen molar-refractivity contribution in [3.63, 3.8) is 0 Å². The van der Waals surface area contributed by atoms with Gasteiger partial charge in [0.1, 0.15) is 0 Å². The molecule has 5 nitrogen and oxygen atoms in total. The van der Waals surface area contributed by atoms with Crippen LogP contribution in [0.1, 0.15) is 25.8 Å². The average Bonchev–Trinajstić information content (AvgIpc) is 2.24. The van der Waals surface area contributed by atoms with E-state index in [1.165, 1.54) is 19.9 Å². The van der Waals surface area contributed by atoms with E-state index >= 15 is 0 Å². The molecule has 1 aromatic carbocycles. The van der Waals surface area contributed by atoms with Crippen LogP contribution in [0.3, 0.4) is 0 Å². The summed E-state index contributed by atoms with van der Waals surface area (Å²) in [5, 5.41) is 9.73. The van der Waals surface area contributed by atoms with E-state index in [-0.39, 0.29) is 6.42 Å². The highest BCUT2D eigenvalue weighted by molar-refractivity contribution is 7.92. The highest BCUT2D eigenvalue weighted by Gasteiger charge is 2.26. The first-order valence-electron chi connectivity index (χ1n) is 5.69. The Morgan fingerprint density at radius 3 is 2.42 bits per heavy atom. The maximum absolute atomic E-state index is 11.8. The highest BCUT2D eigenvalue weighted by Crippen LogP contribution is 2.11. The van der Waals surface area contributed by atoms with E-state index in [4.69, 9.17) is 5.11 Å². The number of hydrogen-bond acceptors (Lipinski definition) is 3. The van der Waals surface area contributed by atoms with E-state index in [1.54, 1.807) is 24.3 Å². The minimum atomic E-state index is -3.68. The molecule has 2 N–H and O–H groups in total. The normalized spacial score (nSPS) is 12.7. The molecule has 0 fully saturated rings. The Hall–Kier alpha value is -1.66. The van der Waals surface area contributed by atoms with Crippen molar-refractivity contribution in [1.82, 2.24) is 4.72 Å². The van der Waals surface area contributed by atoms with Gasteiger partial charge in [-0.15, -0.1) is 0 Å². The lowest BCUT2D eigenvalue weighted by Crippen LogP contribution is -2.43. The third-order valence-corrected chi connectivity index (χ3v) is 3.58. The predicted octanol–water partition coefficient (Wildman–Crippen LogP) is 1.83. The van der Waals surface area contributed by atoms with Crippen LogP contribution < -0.4 is 4.72 Å². The quantitative estimate of drug-likeness (QED) is 0.834. The molecule has 0 unspecified atom stereocenters. The topological polar surface area (TPSA) is 83.5 Å². The van der Waals surface area contributed by atoms with Crippen molar-refractivity contribution < 1.29 is 18.3 Å². The largest absolute Gasteiger partial charge is 0.481 e. The van der Waals surface area contributed by atoms with Crippen LogP contribution >= 0.6 is 0 Å². The van der Waals surface area contributed by atoms with Crippen LogP contribution in [0.5, 0.6) is 0 Å². The molecular formula is C13H17NO4S. The Morgan fingerprint density at radius 2 is 1.89 bits per heavy atom. The first-order valence-corrected chi connectivity index (χ1v) is 7.24. The van der Waals surface area contributed by atoms with Gasteiger partial charge >= 0.3 is 5.97 Å². The van der Waals surface area contributed by atoms with Crippen LogP contribution in [0.4, 0.5) is 0 Å². The fraction of sp³-hybridized carbons (Fsp3) is 0.308. The fourth-order valence-electron chi connectivity index (χ4n) is 1.57. The molecule has 6 heteroatoms. The number of hydrogen-bond donors (Lipinski definition) is 2. The molecule has 0 amide bonds. The van der Waals surface area contributed by atoms with Crippen LogP contribution in [-0.4, -0.2) is 25.0 Å². The van der Waals surface area contributed by atoms with Crippen molar-refractivity contribution in [3.8, 4) is 0 Å². The molecule has 0 aliphatic carbocycles. The average molecular weight is 283 g/mol. The Bertz CT molecular complexity index is 562. The van der Waals surface area contributed by atoms with Crippen molar-refractivity contribution >= 4 is 22.1 Å². The Kier molecular flexibility index (Phi) is 4.85. The molecule has 0 spiro atoms.